The monoisotopic (exact) mass is 530 g/mol. The van der Waals surface area contributed by atoms with Crippen molar-refractivity contribution in [1.82, 2.24) is 24.8 Å². The lowest BCUT2D eigenvalue weighted by molar-refractivity contribution is -0.119. The van der Waals surface area contributed by atoms with Crippen molar-refractivity contribution in [2.45, 2.75) is 50.2 Å². The summed E-state index contributed by atoms with van der Waals surface area (Å²) >= 11 is 4.88. The average molecular weight is 531 g/mol. The van der Waals surface area contributed by atoms with Crippen LogP contribution in [0.2, 0.25) is 0 Å². The number of carbonyl (C=O) groups excluding carboxylic acids is 1. The van der Waals surface area contributed by atoms with Crippen LogP contribution in [0.25, 0.3) is 11.2 Å². The molecule has 1 aliphatic heterocycles. The molecular formula is C22H23BrN6O3S. The topological polar surface area (TPSA) is 117 Å². The first kappa shape index (κ1) is 22.0. The van der Waals surface area contributed by atoms with Crippen LogP contribution in [-0.2, 0) is 20.8 Å². The molecule has 2 aromatic heterocycles. The number of aromatic nitrogens is 4. The molecule has 1 saturated carbocycles. The molecule has 172 valence electrons. The van der Waals surface area contributed by atoms with E-state index in [0.717, 1.165) is 29.3 Å². The number of ether oxygens (including phenoxy) is 2. The molecule has 5 rings (SSSR count). The zero-order valence-electron chi connectivity index (χ0n) is 17.9. The maximum absolute atomic E-state index is 11.7. The van der Waals surface area contributed by atoms with E-state index in [1.807, 2.05) is 28.8 Å². The number of rotatable bonds is 8. The van der Waals surface area contributed by atoms with E-state index in [0.29, 0.717) is 39.7 Å². The number of nitrogen functional groups attached to an aromatic ring is 1. The van der Waals surface area contributed by atoms with Gasteiger partial charge in [-0.3, -0.25) is 4.79 Å². The fourth-order valence-electron chi connectivity index (χ4n) is 3.89. The summed E-state index contributed by atoms with van der Waals surface area (Å²) in [5.41, 5.74) is 8.17. The summed E-state index contributed by atoms with van der Waals surface area (Å²) in [5, 5.41) is 4.35. The highest BCUT2D eigenvalue weighted by Crippen LogP contribution is 2.40. The van der Waals surface area contributed by atoms with Crippen molar-refractivity contribution in [3.8, 4) is 0 Å². The Balaban J connectivity index is 1.37. The van der Waals surface area contributed by atoms with E-state index in [4.69, 9.17) is 20.2 Å². The molecule has 1 fully saturated rings. The first-order valence-corrected chi connectivity index (χ1v) is 12.3. The van der Waals surface area contributed by atoms with Crippen LogP contribution in [0.1, 0.15) is 38.0 Å². The van der Waals surface area contributed by atoms with E-state index in [9.17, 15) is 4.79 Å². The van der Waals surface area contributed by atoms with E-state index < -0.39 is 6.29 Å². The van der Waals surface area contributed by atoms with Crippen LogP contribution < -0.4 is 11.1 Å². The van der Waals surface area contributed by atoms with Crippen LogP contribution in [0.4, 0.5) is 5.82 Å². The predicted octanol–water partition coefficient (Wildman–Crippen LogP) is 4.11. The summed E-state index contributed by atoms with van der Waals surface area (Å²) < 4.78 is 14.7. The molecule has 11 heteroatoms. The lowest BCUT2D eigenvalue weighted by Crippen LogP contribution is -2.35. The van der Waals surface area contributed by atoms with Gasteiger partial charge in [0.2, 0.25) is 11.0 Å². The number of imidazole rings is 1. The number of nitrogens with zero attached hydrogens (tertiary/aromatic N) is 4. The molecule has 33 heavy (non-hydrogen) atoms. The molecule has 2 atom stereocenters. The Hall–Kier alpha value is -2.79. The van der Waals surface area contributed by atoms with Crippen LogP contribution in [0.15, 0.2) is 51.6 Å². The van der Waals surface area contributed by atoms with Crippen molar-refractivity contribution in [2.75, 3.05) is 5.73 Å². The van der Waals surface area contributed by atoms with Crippen LogP contribution in [-0.4, -0.2) is 31.5 Å². The van der Waals surface area contributed by atoms with E-state index in [1.54, 1.807) is 13.2 Å². The fourth-order valence-corrected chi connectivity index (χ4v) is 5.20. The third-order valence-corrected chi connectivity index (χ3v) is 7.24. The second-order valence-electron chi connectivity index (χ2n) is 8.06. The number of nitrogens with two attached hydrogens (primary N) is 1. The number of benzene rings is 1. The third kappa shape index (κ3) is 4.79. The van der Waals surface area contributed by atoms with Crippen LogP contribution in [0.3, 0.4) is 0 Å². The molecule has 3 aromatic rings. The minimum atomic E-state index is -0.537. The maximum atomic E-state index is 11.7. The summed E-state index contributed by atoms with van der Waals surface area (Å²) in [6.45, 7) is 2.18. The van der Waals surface area contributed by atoms with Crippen LogP contribution in [0, 0.1) is 5.92 Å². The van der Waals surface area contributed by atoms with Crippen molar-refractivity contribution in [3.63, 3.8) is 0 Å². The van der Waals surface area contributed by atoms with Crippen molar-refractivity contribution in [1.29, 1.82) is 0 Å². The molecule has 3 heterocycles. The Morgan fingerprint density at radius 3 is 2.94 bits per heavy atom. The minimum absolute atomic E-state index is 0.0108. The van der Waals surface area contributed by atoms with Gasteiger partial charge in [0.25, 0.3) is 6.29 Å². The molecule has 0 bridgehead atoms. The highest BCUT2D eigenvalue weighted by atomic mass is 79.9. The highest BCUT2D eigenvalue weighted by molar-refractivity contribution is 9.10. The standard InChI is InChI=1S/C22H23BrN6O3S/c1-12(30)27-16(13-6-7-13)8-9-29-20-18(19(24)25-11-26-20)28-22(29)33-17-10-31-21(32-17)14-4-2-3-5-15(14)23/h2-5,10-11,13,16,21H,6-9H2,1H3,(H,27,30)(H2,24,25,26). The van der Waals surface area contributed by atoms with Gasteiger partial charge in [-0.1, -0.05) is 34.1 Å². The summed E-state index contributed by atoms with van der Waals surface area (Å²) in [6.07, 6.45) is 5.54. The Morgan fingerprint density at radius 1 is 1.36 bits per heavy atom. The minimum Gasteiger partial charge on any atom is -0.454 e. The van der Waals surface area contributed by atoms with Gasteiger partial charge in [0.15, 0.2) is 22.1 Å². The number of nitrogens with one attached hydrogen (secondary N) is 1. The average Bonchev–Trinajstić information content (AvgIpc) is 3.43. The highest BCUT2D eigenvalue weighted by Gasteiger charge is 2.32. The number of anilines is 1. The Bertz CT molecular complexity index is 1230. The largest absolute Gasteiger partial charge is 0.454 e. The molecule has 0 radical (unpaired) electrons. The number of hydrogen-bond acceptors (Lipinski definition) is 8. The van der Waals surface area contributed by atoms with Gasteiger partial charge in [-0.05, 0) is 43.0 Å². The Kier molecular flexibility index (Phi) is 6.15. The zero-order chi connectivity index (χ0) is 22.9. The molecule has 3 N–H and O–H groups in total. The summed E-state index contributed by atoms with van der Waals surface area (Å²) in [5.74, 6) is 0.840. The number of fused-ring (bicyclic) bond motifs is 1. The van der Waals surface area contributed by atoms with Crippen molar-refractivity contribution in [2.24, 2.45) is 5.92 Å². The number of carbonyl (C=O) groups is 1. The molecule has 1 aromatic carbocycles. The second-order valence-corrected chi connectivity index (χ2v) is 9.88. The van der Waals surface area contributed by atoms with Crippen LogP contribution in [0.5, 0.6) is 0 Å². The number of hydrogen-bond donors (Lipinski definition) is 2. The molecule has 9 nitrogen and oxygen atoms in total. The SMILES string of the molecule is CC(=O)NC(CCn1c(SC2=COC(c3ccccc3Br)O2)nc2c(N)ncnc21)C1CC1. The molecule has 2 unspecified atom stereocenters. The number of aryl methyl sites for hydroxylation is 1. The lowest BCUT2D eigenvalue weighted by Gasteiger charge is -2.18. The second kappa shape index (κ2) is 9.22. The zero-order valence-corrected chi connectivity index (χ0v) is 20.3. The molecule has 2 aliphatic rings. The van der Waals surface area contributed by atoms with E-state index in [-0.39, 0.29) is 11.9 Å². The van der Waals surface area contributed by atoms with Gasteiger partial charge in [-0.25, -0.2) is 15.0 Å². The fraction of sp³-hybridized carbons (Fsp3) is 0.364. The summed E-state index contributed by atoms with van der Waals surface area (Å²) in [6, 6.07) is 7.89. The summed E-state index contributed by atoms with van der Waals surface area (Å²) in [4.78, 5) is 24.9. The quantitative estimate of drug-likeness (QED) is 0.446. The van der Waals surface area contributed by atoms with E-state index >= 15 is 0 Å². The van der Waals surface area contributed by atoms with Gasteiger partial charge in [0, 0.05) is 29.5 Å². The predicted molar refractivity (Wildman–Crippen MR) is 128 cm³/mol. The molecule has 1 aliphatic carbocycles. The van der Waals surface area contributed by atoms with Gasteiger partial charge >= 0.3 is 0 Å². The maximum Gasteiger partial charge on any atom is 0.268 e. The summed E-state index contributed by atoms with van der Waals surface area (Å²) in [7, 11) is 0. The van der Waals surface area contributed by atoms with Gasteiger partial charge in [0.05, 0.1) is 0 Å². The molecule has 0 saturated heterocycles. The third-order valence-electron chi connectivity index (χ3n) is 5.63. The Labute approximate surface area is 203 Å². The number of amides is 1. The van der Waals surface area contributed by atoms with Crippen molar-refractivity contribution >= 4 is 50.6 Å². The van der Waals surface area contributed by atoms with Gasteiger partial charge < -0.3 is 25.1 Å². The molecule has 0 spiro atoms. The Morgan fingerprint density at radius 2 is 2.18 bits per heavy atom. The number of thioether (sulfide) groups is 1. The van der Waals surface area contributed by atoms with E-state index in [2.05, 4.69) is 31.2 Å². The van der Waals surface area contributed by atoms with Crippen molar-refractivity contribution in [3.05, 3.63) is 52.0 Å². The van der Waals surface area contributed by atoms with Gasteiger partial charge in [-0.15, -0.1) is 0 Å². The van der Waals surface area contributed by atoms with Gasteiger partial charge in [0.1, 0.15) is 12.6 Å². The molecule has 1 amide bonds. The smallest absolute Gasteiger partial charge is 0.268 e. The molecular weight excluding hydrogens is 508 g/mol. The van der Waals surface area contributed by atoms with Crippen molar-refractivity contribution < 1.29 is 14.3 Å². The normalized spacial score (nSPS) is 18.5. The van der Waals surface area contributed by atoms with Gasteiger partial charge in [-0.2, -0.15) is 0 Å². The van der Waals surface area contributed by atoms with E-state index in [1.165, 1.54) is 18.1 Å². The first-order valence-electron chi connectivity index (χ1n) is 10.7. The first-order chi connectivity index (χ1) is 16.0. The lowest BCUT2D eigenvalue weighted by atomic mass is 10.1. The van der Waals surface area contributed by atoms with Crippen LogP contribution >= 0.6 is 27.7 Å². The number of halogens is 1.